The van der Waals surface area contributed by atoms with Gasteiger partial charge in [-0.3, -0.25) is 4.79 Å². The van der Waals surface area contributed by atoms with Crippen LogP contribution in [0.25, 0.3) is 0 Å². The fourth-order valence-electron chi connectivity index (χ4n) is 3.24. The quantitative estimate of drug-likeness (QED) is 0.646. The predicted molar refractivity (Wildman–Crippen MR) is 117 cm³/mol. The van der Waals surface area contributed by atoms with Crippen molar-refractivity contribution in [2.45, 2.75) is 33.0 Å². The average molecular weight is 460 g/mol. The van der Waals surface area contributed by atoms with E-state index < -0.39 is 29.6 Å². The Labute approximate surface area is 192 Å². The fraction of sp³-hybridized carbons (Fsp3) is 0.417. The Hall–Kier alpha value is -3.62. The van der Waals surface area contributed by atoms with E-state index >= 15 is 0 Å². The zero-order valence-electron chi connectivity index (χ0n) is 19.5. The highest BCUT2D eigenvalue weighted by Crippen LogP contribution is 2.47. The van der Waals surface area contributed by atoms with Gasteiger partial charge in [-0.2, -0.15) is 0 Å². The van der Waals surface area contributed by atoms with E-state index in [0.29, 0.717) is 5.56 Å². The number of rotatable bonds is 6. The lowest BCUT2D eigenvalue weighted by Crippen LogP contribution is -2.39. The van der Waals surface area contributed by atoms with Gasteiger partial charge in [-0.05, 0) is 45.0 Å². The van der Waals surface area contributed by atoms with Crippen LogP contribution in [0.15, 0.2) is 30.3 Å². The van der Waals surface area contributed by atoms with Gasteiger partial charge in [0.25, 0.3) is 0 Å². The molecule has 178 valence electrons. The smallest absolute Gasteiger partial charge is 0.338 e. The summed E-state index contributed by atoms with van der Waals surface area (Å²) in [5, 5.41) is 9.98. The molecule has 3 rings (SSSR count). The zero-order chi connectivity index (χ0) is 24.3. The van der Waals surface area contributed by atoms with Crippen molar-refractivity contribution in [1.82, 2.24) is 0 Å². The van der Waals surface area contributed by atoms with Gasteiger partial charge in [0.15, 0.2) is 35.2 Å². The predicted octanol–water partition coefficient (Wildman–Crippen LogP) is 3.67. The number of methoxy groups -OCH3 is 3. The first-order chi connectivity index (χ1) is 15.6. The lowest BCUT2D eigenvalue weighted by atomic mass is 9.97. The molecule has 0 spiro atoms. The number of ether oxygens (including phenoxy) is 6. The molecule has 1 aliphatic heterocycles. The van der Waals surface area contributed by atoms with Gasteiger partial charge in [0.05, 0.1) is 32.3 Å². The molecule has 2 aromatic carbocycles. The van der Waals surface area contributed by atoms with Crippen molar-refractivity contribution < 1.29 is 43.1 Å². The van der Waals surface area contributed by atoms with Gasteiger partial charge < -0.3 is 33.5 Å². The molecule has 2 atom stereocenters. The normalized spacial score (nSPS) is 17.2. The number of benzene rings is 2. The fourth-order valence-corrected chi connectivity index (χ4v) is 3.24. The molecule has 1 N–H and O–H groups in total. The van der Waals surface area contributed by atoms with Crippen LogP contribution in [-0.4, -0.2) is 51.1 Å². The van der Waals surface area contributed by atoms with Crippen molar-refractivity contribution in [3.63, 3.8) is 0 Å². The second-order valence-electron chi connectivity index (χ2n) is 8.47. The molecule has 0 saturated heterocycles. The summed E-state index contributed by atoms with van der Waals surface area (Å²) in [7, 11) is 4.14. The Balaban J connectivity index is 2.03. The number of phenolic OH excluding ortho intramolecular Hbond substituents is 1. The third kappa shape index (κ3) is 5.08. The minimum absolute atomic E-state index is 0.0382. The van der Waals surface area contributed by atoms with Gasteiger partial charge in [-0.15, -0.1) is 0 Å². The molecule has 33 heavy (non-hydrogen) atoms. The van der Waals surface area contributed by atoms with Gasteiger partial charge in [0.2, 0.25) is 5.75 Å². The molecule has 1 heterocycles. The minimum atomic E-state index is -0.754. The largest absolute Gasteiger partial charge is 0.504 e. The number of hydrogen-bond donors (Lipinski definition) is 1. The molecule has 0 fully saturated rings. The van der Waals surface area contributed by atoms with Crippen molar-refractivity contribution in [3.05, 3.63) is 41.5 Å². The minimum Gasteiger partial charge on any atom is -0.504 e. The molecule has 2 aromatic rings. The molecule has 0 bridgehead atoms. The van der Waals surface area contributed by atoms with E-state index in [1.165, 1.54) is 39.5 Å². The van der Waals surface area contributed by atoms with Gasteiger partial charge in [-0.25, -0.2) is 4.79 Å². The molecule has 1 aliphatic rings. The van der Waals surface area contributed by atoms with Crippen LogP contribution in [0.4, 0.5) is 0 Å². The van der Waals surface area contributed by atoms with Crippen molar-refractivity contribution in [1.29, 1.82) is 0 Å². The summed E-state index contributed by atoms with van der Waals surface area (Å²) in [6, 6.07) is 7.70. The highest BCUT2D eigenvalue weighted by Gasteiger charge is 2.38. The summed E-state index contributed by atoms with van der Waals surface area (Å²) in [6.07, 6.45) is -1.51. The summed E-state index contributed by atoms with van der Waals surface area (Å²) < 4.78 is 33.3. The SMILES string of the molecule is COC(=O)c1cc(OC)c2c(c1)O[C@H](c1ccc(O)c(OC)c1)[C@@H](COC(=O)C(C)(C)C)O2. The number of hydrogen-bond acceptors (Lipinski definition) is 9. The third-order valence-electron chi connectivity index (χ3n) is 5.05. The Bertz CT molecular complexity index is 1040. The van der Waals surface area contributed by atoms with E-state index in [9.17, 15) is 14.7 Å². The number of fused-ring (bicyclic) bond motifs is 1. The molecule has 0 radical (unpaired) electrons. The average Bonchev–Trinajstić information content (AvgIpc) is 2.80. The van der Waals surface area contributed by atoms with E-state index in [1.54, 1.807) is 32.9 Å². The maximum atomic E-state index is 12.4. The lowest BCUT2D eigenvalue weighted by molar-refractivity contribution is -0.157. The van der Waals surface area contributed by atoms with E-state index in [1.807, 2.05) is 0 Å². The second kappa shape index (κ2) is 9.48. The van der Waals surface area contributed by atoms with Crippen LogP contribution in [0, 0.1) is 5.41 Å². The summed E-state index contributed by atoms with van der Waals surface area (Å²) in [5.74, 6) is 0.0311. The highest BCUT2D eigenvalue weighted by atomic mass is 16.6. The van der Waals surface area contributed by atoms with Crippen LogP contribution in [0.2, 0.25) is 0 Å². The maximum Gasteiger partial charge on any atom is 0.338 e. The second-order valence-corrected chi connectivity index (χ2v) is 8.47. The van der Waals surface area contributed by atoms with Gasteiger partial charge in [0, 0.05) is 5.56 Å². The number of phenols is 1. The van der Waals surface area contributed by atoms with Crippen molar-refractivity contribution in [2.24, 2.45) is 5.41 Å². The standard InChI is InChI=1S/C24H28O9/c1-24(2,3)23(27)31-12-19-20(13-7-8-15(25)16(9-13)28-4)32-18-11-14(22(26)30-6)10-17(29-5)21(18)33-19/h7-11,19-20,25H,12H2,1-6H3/t19-,20-/m1/s1. The molecule has 9 nitrogen and oxygen atoms in total. The van der Waals surface area contributed by atoms with Crippen LogP contribution in [-0.2, 0) is 14.3 Å². The van der Waals surface area contributed by atoms with Crippen LogP contribution >= 0.6 is 0 Å². The van der Waals surface area contributed by atoms with Crippen LogP contribution < -0.4 is 18.9 Å². The molecule has 0 aromatic heterocycles. The summed E-state index contributed by atoms with van der Waals surface area (Å²) in [6.45, 7) is 5.15. The van der Waals surface area contributed by atoms with E-state index in [4.69, 9.17) is 28.4 Å². The maximum absolute atomic E-state index is 12.4. The Morgan fingerprint density at radius 1 is 1.00 bits per heavy atom. The Kier molecular flexibility index (Phi) is 6.90. The van der Waals surface area contributed by atoms with Gasteiger partial charge >= 0.3 is 11.9 Å². The van der Waals surface area contributed by atoms with Crippen LogP contribution in [0.5, 0.6) is 28.7 Å². The summed E-state index contributed by atoms with van der Waals surface area (Å²) >= 11 is 0. The number of carbonyl (C=O) groups excluding carboxylic acids is 2. The summed E-state index contributed by atoms with van der Waals surface area (Å²) in [5.41, 5.74) is 0.128. The molecular formula is C24H28O9. The Morgan fingerprint density at radius 2 is 1.70 bits per heavy atom. The topological polar surface area (TPSA) is 110 Å². The zero-order valence-corrected chi connectivity index (χ0v) is 19.5. The highest BCUT2D eigenvalue weighted by molar-refractivity contribution is 5.91. The molecule has 0 saturated carbocycles. The van der Waals surface area contributed by atoms with E-state index in [0.717, 1.165) is 0 Å². The molecule has 0 unspecified atom stereocenters. The first-order valence-electron chi connectivity index (χ1n) is 10.3. The molecule has 9 heteroatoms. The van der Waals surface area contributed by atoms with Crippen molar-refractivity contribution >= 4 is 11.9 Å². The van der Waals surface area contributed by atoms with Crippen molar-refractivity contribution in [3.8, 4) is 28.7 Å². The van der Waals surface area contributed by atoms with E-state index in [2.05, 4.69) is 0 Å². The number of aromatic hydroxyl groups is 1. The monoisotopic (exact) mass is 460 g/mol. The Morgan fingerprint density at radius 3 is 2.30 bits per heavy atom. The molecular weight excluding hydrogens is 432 g/mol. The van der Waals surface area contributed by atoms with Gasteiger partial charge in [0.1, 0.15) is 6.61 Å². The van der Waals surface area contributed by atoms with Crippen molar-refractivity contribution in [2.75, 3.05) is 27.9 Å². The summed E-state index contributed by atoms with van der Waals surface area (Å²) in [4.78, 5) is 24.5. The van der Waals surface area contributed by atoms with E-state index in [-0.39, 0.29) is 40.9 Å². The van der Waals surface area contributed by atoms with Gasteiger partial charge in [-0.1, -0.05) is 6.07 Å². The number of carbonyl (C=O) groups is 2. The number of esters is 2. The van der Waals surface area contributed by atoms with Crippen LogP contribution in [0.3, 0.4) is 0 Å². The first kappa shape index (κ1) is 24.0. The third-order valence-corrected chi connectivity index (χ3v) is 5.05. The van der Waals surface area contributed by atoms with Crippen LogP contribution in [0.1, 0.15) is 42.8 Å². The lowest BCUT2D eigenvalue weighted by Gasteiger charge is -2.35. The first-order valence-corrected chi connectivity index (χ1v) is 10.3. The molecule has 0 amide bonds. The molecule has 0 aliphatic carbocycles.